The van der Waals surface area contributed by atoms with Gasteiger partial charge in [-0.2, -0.15) is 0 Å². The van der Waals surface area contributed by atoms with Gasteiger partial charge in [-0.05, 0) is 36.6 Å². The van der Waals surface area contributed by atoms with E-state index < -0.39 is 0 Å². The lowest BCUT2D eigenvalue weighted by Crippen LogP contribution is -3.12. The van der Waals surface area contributed by atoms with E-state index in [1.807, 2.05) is 12.1 Å². The molecule has 112 valence electrons. The van der Waals surface area contributed by atoms with Crippen LogP contribution in [0, 0.1) is 0 Å². The molecule has 0 aromatic heterocycles. The zero-order chi connectivity index (χ0) is 15.1. The van der Waals surface area contributed by atoms with E-state index in [2.05, 4.69) is 44.3 Å². The second-order valence-electron chi connectivity index (χ2n) is 5.94. The Morgan fingerprint density at radius 3 is 2.19 bits per heavy atom. The van der Waals surface area contributed by atoms with Gasteiger partial charge < -0.3 is 10.0 Å². The number of benzene rings is 2. The van der Waals surface area contributed by atoms with Gasteiger partial charge in [0.15, 0.2) is 0 Å². The number of phenols is 1. The van der Waals surface area contributed by atoms with Crippen LogP contribution in [0.15, 0.2) is 54.6 Å². The smallest absolute Gasteiger partial charge is 0.115 e. The van der Waals surface area contributed by atoms with Gasteiger partial charge in [-0.15, -0.1) is 0 Å². The largest absolute Gasteiger partial charge is 0.508 e. The van der Waals surface area contributed by atoms with E-state index in [0.29, 0.717) is 11.8 Å². The van der Waals surface area contributed by atoms with Crippen LogP contribution in [0.5, 0.6) is 5.75 Å². The highest BCUT2D eigenvalue weighted by molar-refractivity contribution is 5.25. The maximum Gasteiger partial charge on any atom is 0.115 e. The van der Waals surface area contributed by atoms with Crippen LogP contribution < -0.4 is 4.90 Å². The third-order valence-corrected chi connectivity index (χ3v) is 4.29. The van der Waals surface area contributed by atoms with Gasteiger partial charge in [0.2, 0.25) is 0 Å². The average Bonchev–Trinajstić information content (AvgIpc) is 2.52. The van der Waals surface area contributed by atoms with Gasteiger partial charge in [-0.3, -0.25) is 0 Å². The number of aryl methyl sites for hydroxylation is 1. The second kappa shape index (κ2) is 7.84. The van der Waals surface area contributed by atoms with Crippen LogP contribution in [-0.2, 0) is 12.8 Å². The highest BCUT2D eigenvalue weighted by atomic mass is 16.3. The second-order valence-corrected chi connectivity index (χ2v) is 5.94. The molecule has 0 spiro atoms. The van der Waals surface area contributed by atoms with Crippen LogP contribution in [0.2, 0.25) is 0 Å². The van der Waals surface area contributed by atoms with Crippen molar-refractivity contribution in [3.63, 3.8) is 0 Å². The Hall–Kier alpha value is -1.80. The Bertz CT molecular complexity index is 521. The maximum absolute atomic E-state index is 9.30. The molecule has 0 aliphatic heterocycles. The minimum atomic E-state index is 0.345. The Morgan fingerprint density at radius 2 is 1.52 bits per heavy atom. The highest BCUT2D eigenvalue weighted by Gasteiger charge is 2.12. The molecular weight excluding hydrogens is 258 g/mol. The van der Waals surface area contributed by atoms with Crippen LogP contribution in [0.4, 0.5) is 0 Å². The summed E-state index contributed by atoms with van der Waals surface area (Å²) in [6, 6.07) is 18.9. The molecule has 0 fully saturated rings. The molecule has 0 aliphatic carbocycles. The summed E-state index contributed by atoms with van der Waals surface area (Å²) in [6.45, 7) is 3.49. The van der Waals surface area contributed by atoms with Gasteiger partial charge >= 0.3 is 0 Å². The Morgan fingerprint density at radius 1 is 0.905 bits per heavy atom. The zero-order valence-electron chi connectivity index (χ0n) is 13.0. The topological polar surface area (TPSA) is 24.7 Å². The SMILES string of the molecule is C[C@H](CCc1ccc(O)cc1)[NH+](C)CCc1ccccc1. The van der Waals surface area contributed by atoms with Crippen molar-refractivity contribution in [1.29, 1.82) is 0 Å². The number of hydrogen-bond donors (Lipinski definition) is 2. The first-order valence-corrected chi connectivity index (χ1v) is 7.79. The molecule has 2 atom stereocenters. The normalized spacial score (nSPS) is 13.8. The number of quaternary nitrogens is 1. The first kappa shape index (κ1) is 15.6. The molecule has 2 heteroatoms. The zero-order valence-corrected chi connectivity index (χ0v) is 13.0. The lowest BCUT2D eigenvalue weighted by atomic mass is 10.0. The van der Waals surface area contributed by atoms with Crippen molar-refractivity contribution in [3.8, 4) is 5.75 Å². The van der Waals surface area contributed by atoms with Crippen molar-refractivity contribution in [2.45, 2.75) is 32.2 Å². The van der Waals surface area contributed by atoms with Gasteiger partial charge in [0.05, 0.1) is 19.6 Å². The molecule has 0 heterocycles. The molecule has 1 unspecified atom stereocenters. The molecule has 21 heavy (non-hydrogen) atoms. The van der Waals surface area contributed by atoms with Gasteiger partial charge in [0, 0.05) is 12.8 Å². The van der Waals surface area contributed by atoms with Crippen molar-refractivity contribution < 1.29 is 10.0 Å². The van der Waals surface area contributed by atoms with E-state index in [1.54, 1.807) is 17.0 Å². The molecule has 2 aromatic carbocycles. The molecule has 0 saturated heterocycles. The van der Waals surface area contributed by atoms with E-state index in [0.717, 1.165) is 12.8 Å². The predicted octanol–water partition coefficient (Wildman–Crippen LogP) is 2.47. The maximum atomic E-state index is 9.30. The fraction of sp³-hybridized carbons (Fsp3) is 0.368. The van der Waals surface area contributed by atoms with Crippen LogP contribution in [0.1, 0.15) is 24.5 Å². The van der Waals surface area contributed by atoms with Gasteiger partial charge in [-0.25, -0.2) is 0 Å². The molecule has 0 amide bonds. The fourth-order valence-electron chi connectivity index (χ4n) is 2.52. The number of hydrogen-bond acceptors (Lipinski definition) is 1. The average molecular weight is 284 g/mol. The number of nitrogens with one attached hydrogen (secondary N) is 1. The van der Waals surface area contributed by atoms with Gasteiger partial charge in [0.1, 0.15) is 5.75 Å². The molecule has 2 nitrogen and oxygen atoms in total. The van der Waals surface area contributed by atoms with Crippen LogP contribution >= 0.6 is 0 Å². The summed E-state index contributed by atoms with van der Waals surface area (Å²) in [5.41, 5.74) is 2.72. The molecule has 2 rings (SSSR count). The number of rotatable bonds is 7. The molecule has 0 saturated carbocycles. The summed E-state index contributed by atoms with van der Waals surface area (Å²) >= 11 is 0. The monoisotopic (exact) mass is 284 g/mol. The minimum absolute atomic E-state index is 0.345. The molecule has 2 aromatic rings. The highest BCUT2D eigenvalue weighted by Crippen LogP contribution is 2.11. The van der Waals surface area contributed by atoms with Crippen molar-refractivity contribution in [2.75, 3.05) is 13.6 Å². The van der Waals surface area contributed by atoms with Gasteiger partial charge in [-0.1, -0.05) is 42.5 Å². The number of aromatic hydroxyl groups is 1. The standard InChI is InChI=1S/C19H25NO/c1-16(8-9-18-10-12-19(21)13-11-18)20(2)15-14-17-6-4-3-5-7-17/h3-7,10-13,16,21H,8-9,14-15H2,1-2H3/p+1/t16-/m1/s1. The third-order valence-electron chi connectivity index (χ3n) is 4.29. The number of phenolic OH excluding ortho intramolecular Hbond substituents is 1. The van der Waals surface area contributed by atoms with Crippen LogP contribution in [0.3, 0.4) is 0 Å². The summed E-state index contributed by atoms with van der Waals surface area (Å²) in [7, 11) is 2.28. The van der Waals surface area contributed by atoms with E-state index in [9.17, 15) is 5.11 Å². The molecule has 0 aliphatic rings. The Kier molecular flexibility index (Phi) is 5.82. The Balaban J connectivity index is 1.74. The summed E-state index contributed by atoms with van der Waals surface area (Å²) in [5, 5.41) is 9.30. The van der Waals surface area contributed by atoms with E-state index in [-0.39, 0.29) is 0 Å². The van der Waals surface area contributed by atoms with Crippen molar-refractivity contribution in [3.05, 3.63) is 65.7 Å². The van der Waals surface area contributed by atoms with Gasteiger partial charge in [0.25, 0.3) is 0 Å². The van der Waals surface area contributed by atoms with Crippen LogP contribution in [0.25, 0.3) is 0 Å². The molecule has 0 radical (unpaired) electrons. The first-order chi connectivity index (χ1) is 10.1. The summed E-state index contributed by atoms with van der Waals surface area (Å²) < 4.78 is 0. The summed E-state index contributed by atoms with van der Waals surface area (Å²) in [6.07, 6.45) is 3.38. The minimum Gasteiger partial charge on any atom is -0.508 e. The summed E-state index contributed by atoms with van der Waals surface area (Å²) in [5.74, 6) is 0.345. The van der Waals surface area contributed by atoms with Crippen molar-refractivity contribution in [1.82, 2.24) is 0 Å². The van der Waals surface area contributed by atoms with Crippen molar-refractivity contribution >= 4 is 0 Å². The molecule has 0 bridgehead atoms. The third kappa shape index (κ3) is 5.24. The lowest BCUT2D eigenvalue weighted by Gasteiger charge is -2.22. The lowest BCUT2D eigenvalue weighted by molar-refractivity contribution is -0.904. The first-order valence-electron chi connectivity index (χ1n) is 7.79. The van der Waals surface area contributed by atoms with Crippen LogP contribution in [-0.4, -0.2) is 24.7 Å². The van der Waals surface area contributed by atoms with Crippen molar-refractivity contribution in [2.24, 2.45) is 0 Å². The molecular formula is C19H26NO+. The summed E-state index contributed by atoms with van der Waals surface area (Å²) in [4.78, 5) is 1.58. The Labute approximate surface area is 128 Å². The van der Waals surface area contributed by atoms with E-state index in [4.69, 9.17) is 0 Å². The van der Waals surface area contributed by atoms with E-state index in [1.165, 1.54) is 24.1 Å². The molecule has 2 N–H and O–H groups in total. The predicted molar refractivity (Wildman–Crippen MR) is 87.8 cm³/mol. The van der Waals surface area contributed by atoms with E-state index >= 15 is 0 Å². The number of likely N-dealkylation sites (N-methyl/N-ethyl adjacent to an activating group) is 1. The quantitative estimate of drug-likeness (QED) is 0.802. The fourth-order valence-corrected chi connectivity index (χ4v) is 2.52.